The zero-order valence-corrected chi connectivity index (χ0v) is 15.7. The Morgan fingerprint density at radius 1 is 0.588 bits per heavy atom. The van der Waals surface area contributed by atoms with Crippen molar-refractivity contribution < 1.29 is 35.1 Å². The van der Waals surface area contributed by atoms with Gasteiger partial charge in [0.2, 0.25) is 6.19 Å². The minimum Gasteiger partial charge on any atom is -0.241 e. The highest BCUT2D eigenvalue weighted by Gasteiger charge is 2.31. The maximum atomic E-state index is 14.6. The van der Waals surface area contributed by atoms with Gasteiger partial charge in [0.25, 0.3) is 0 Å². The molecule has 0 aliphatic heterocycles. The van der Waals surface area contributed by atoms with Crippen molar-refractivity contribution in [3.63, 3.8) is 0 Å². The van der Waals surface area contributed by atoms with Crippen LogP contribution in [0.5, 0.6) is 0 Å². The summed E-state index contributed by atoms with van der Waals surface area (Å²) in [5.41, 5.74) is -2.88. The van der Waals surface area contributed by atoms with E-state index in [1.807, 2.05) is 0 Å². The van der Waals surface area contributed by atoms with Crippen LogP contribution in [0.1, 0.15) is 0 Å². The molecule has 0 fully saturated rings. The first-order valence-electron chi connectivity index (χ1n) is 8.72. The second kappa shape index (κ2) is 6.89. The number of fused-ring (bicyclic) bond motifs is 6. The predicted molar refractivity (Wildman–Crippen MR) is 97.4 cm³/mol. The van der Waals surface area contributed by atoms with Crippen LogP contribution in [0.25, 0.3) is 48.6 Å². The summed E-state index contributed by atoms with van der Waals surface area (Å²) in [5, 5.41) is 6.40. The van der Waals surface area contributed by atoms with Gasteiger partial charge in [-0.05, 0) is 0 Å². The largest absolute Gasteiger partial charge is 0.241 e. The predicted octanol–water partition coefficient (Wildman–Crippen LogP) is 4.19. The summed E-state index contributed by atoms with van der Waals surface area (Å²) in [6.45, 7) is 6.89. The van der Waals surface area contributed by atoms with Crippen molar-refractivity contribution in [2.24, 2.45) is 10.1 Å². The number of hydrogen-bond donors (Lipinski definition) is 0. The molecule has 6 nitrogen and oxygen atoms in total. The molecule has 0 spiro atoms. The Kier molecular flexibility index (Phi) is 4.28. The molecule has 0 amide bonds. The lowest BCUT2D eigenvalue weighted by Crippen LogP contribution is -2.06. The Hall–Kier alpha value is -4.72. The number of rotatable bonds is 0. The molecular weight excluding hydrogens is 476 g/mol. The van der Waals surface area contributed by atoms with E-state index in [-0.39, 0.29) is 0 Å². The molecule has 166 valence electrons. The van der Waals surface area contributed by atoms with E-state index in [2.05, 4.69) is 25.0 Å². The van der Waals surface area contributed by atoms with Crippen molar-refractivity contribution >= 4 is 43.6 Å². The van der Waals surface area contributed by atoms with Gasteiger partial charge in [-0.25, -0.2) is 45.1 Å². The lowest BCUT2D eigenvalue weighted by molar-refractivity contribution is 0.418. The van der Waals surface area contributed by atoms with Crippen LogP contribution >= 0.6 is 0 Å². The molecule has 1 aromatic heterocycles. The fraction of sp³-hybridized carbons (Fsp3) is 0. The summed E-state index contributed by atoms with van der Waals surface area (Å²) in [5.74, 6) is -16.7. The van der Waals surface area contributed by atoms with Gasteiger partial charge >= 0.3 is 0 Å². The average Bonchev–Trinajstić information content (AvgIpc) is 3.30. The van der Waals surface area contributed by atoms with Crippen molar-refractivity contribution in [1.82, 2.24) is 9.97 Å². The first-order chi connectivity index (χ1) is 16.1. The zero-order valence-electron chi connectivity index (χ0n) is 15.7. The van der Waals surface area contributed by atoms with E-state index in [4.69, 9.17) is 11.8 Å². The Labute approximate surface area is 179 Å². The molecule has 34 heavy (non-hydrogen) atoms. The maximum Gasteiger partial charge on any atom is 0.206 e. The second-order valence-corrected chi connectivity index (χ2v) is 6.74. The van der Waals surface area contributed by atoms with Gasteiger partial charge in [0.1, 0.15) is 27.4 Å². The minimum absolute atomic E-state index is 0.693. The van der Waals surface area contributed by atoms with E-state index in [9.17, 15) is 35.1 Å². The lowest BCUT2D eigenvalue weighted by atomic mass is 10.2. The van der Waals surface area contributed by atoms with Crippen LogP contribution in [0.3, 0.4) is 0 Å². The van der Waals surface area contributed by atoms with E-state index in [0.717, 1.165) is 0 Å². The summed E-state index contributed by atoms with van der Waals surface area (Å²) < 4.78 is 114. The molecule has 5 aromatic rings. The third-order valence-corrected chi connectivity index (χ3v) is 5.14. The van der Waals surface area contributed by atoms with Gasteiger partial charge in [0, 0.05) is 0 Å². The van der Waals surface area contributed by atoms with E-state index in [1.165, 1.54) is 6.19 Å². The van der Waals surface area contributed by atoms with Crippen LogP contribution in [-0.4, -0.2) is 9.97 Å². The maximum absolute atomic E-state index is 14.6. The second-order valence-electron chi connectivity index (χ2n) is 6.74. The van der Waals surface area contributed by atoms with Crippen LogP contribution in [0.2, 0.25) is 0 Å². The number of nitriles is 1. The fourth-order valence-corrected chi connectivity index (χ4v) is 3.81. The highest BCUT2D eigenvalue weighted by atomic mass is 19.2. The molecule has 5 rings (SSSR count). The number of hydrogen-bond acceptors (Lipinski definition) is 5. The van der Waals surface area contributed by atoms with Crippen LogP contribution in [0, 0.1) is 64.6 Å². The van der Waals surface area contributed by atoms with Gasteiger partial charge in [-0.1, -0.05) is 0 Å². The molecular formula is C20F8N6. The monoisotopic (exact) mass is 476 g/mol. The standard InChI is InChI=1S/C20F8N6/c1-30-34-18-6-5(9(23)13(27)14(28)10(6)24)17-20(18)33-16-4-3(15(31-2-29)19(16)32-17)7(21)11(25)12(26)8(4)22/b31-15+,34-18+. The van der Waals surface area contributed by atoms with Gasteiger partial charge < -0.3 is 0 Å². The summed E-state index contributed by atoms with van der Waals surface area (Å²) in [4.78, 5) is 13.5. The normalized spacial score (nSPS) is 13.0. The average molecular weight is 476 g/mol. The Bertz CT molecular complexity index is 1830. The third kappa shape index (κ3) is 2.36. The summed E-state index contributed by atoms with van der Waals surface area (Å²) in [6, 6.07) is 0. The first-order valence-corrected chi connectivity index (χ1v) is 8.72. The van der Waals surface area contributed by atoms with Crippen LogP contribution in [-0.2, 0) is 0 Å². The van der Waals surface area contributed by atoms with E-state index in [1.54, 1.807) is 0 Å². The molecule has 0 atom stereocenters. The topological polar surface area (TPSA) is 78.7 Å². The van der Waals surface area contributed by atoms with E-state index >= 15 is 0 Å². The summed E-state index contributed by atoms with van der Waals surface area (Å²) >= 11 is 0. The Balaban J connectivity index is 2.22. The highest BCUT2D eigenvalue weighted by Crippen LogP contribution is 2.35. The van der Waals surface area contributed by atoms with Crippen molar-refractivity contribution in [1.29, 1.82) is 5.26 Å². The smallest absolute Gasteiger partial charge is 0.206 e. The SMILES string of the molecule is [C-]#[N+]/N=c1/c2nc3c(nc2c2c(F)c(F)c(F)c(F)c12)/c(=N/C#N)c1c(F)c(F)c(F)c(F)c13. The Morgan fingerprint density at radius 3 is 1.38 bits per heavy atom. The number of halogens is 8. The van der Waals surface area contributed by atoms with Gasteiger partial charge in [-0.2, -0.15) is 16.8 Å². The molecule has 4 aromatic carbocycles. The van der Waals surface area contributed by atoms with Crippen LogP contribution in [0.4, 0.5) is 35.1 Å². The molecule has 0 bridgehead atoms. The molecule has 14 heteroatoms. The van der Waals surface area contributed by atoms with Gasteiger partial charge in [-0.3, -0.25) is 0 Å². The summed E-state index contributed by atoms with van der Waals surface area (Å²) in [7, 11) is 0. The molecule has 0 N–H and O–H groups in total. The fourth-order valence-electron chi connectivity index (χ4n) is 3.81. The van der Waals surface area contributed by atoms with Crippen LogP contribution in [0.15, 0.2) is 10.1 Å². The quantitative estimate of drug-likeness (QED) is 0.0840. The molecule has 0 aliphatic rings. The molecule has 0 saturated carbocycles. The van der Waals surface area contributed by atoms with Gasteiger partial charge in [0.15, 0.2) is 51.9 Å². The van der Waals surface area contributed by atoms with E-state index in [0.29, 0.717) is 0 Å². The van der Waals surface area contributed by atoms with Crippen molar-refractivity contribution in [3.05, 3.63) is 68.8 Å². The van der Waals surface area contributed by atoms with E-state index < -0.39 is 101 Å². The molecule has 0 radical (unpaired) electrons. The summed E-state index contributed by atoms with van der Waals surface area (Å²) in [6.07, 6.45) is 1.23. The third-order valence-electron chi connectivity index (χ3n) is 5.14. The number of benzene rings is 2. The number of nitrogens with zero attached hydrogens (tertiary/aromatic N) is 6. The molecule has 0 aliphatic carbocycles. The van der Waals surface area contributed by atoms with Crippen LogP contribution < -0.4 is 10.7 Å². The van der Waals surface area contributed by atoms with Crippen molar-refractivity contribution in [3.8, 4) is 6.19 Å². The van der Waals surface area contributed by atoms with Gasteiger partial charge in [-0.15, -0.1) is 4.95 Å². The molecule has 1 heterocycles. The minimum atomic E-state index is -2.23. The molecule has 0 unspecified atom stereocenters. The van der Waals surface area contributed by atoms with Crippen molar-refractivity contribution in [2.45, 2.75) is 0 Å². The number of aromatic nitrogens is 2. The zero-order chi connectivity index (χ0) is 24.6. The molecule has 0 saturated heterocycles. The first kappa shape index (κ1) is 21.1. The Morgan fingerprint density at radius 2 is 0.971 bits per heavy atom. The highest BCUT2D eigenvalue weighted by molar-refractivity contribution is 6.15. The lowest BCUT2D eigenvalue weighted by Gasteiger charge is -2.00. The van der Waals surface area contributed by atoms with Gasteiger partial charge in [0.05, 0.1) is 26.6 Å². The van der Waals surface area contributed by atoms with Crippen molar-refractivity contribution in [2.75, 3.05) is 0 Å².